The minimum absolute atomic E-state index is 0.131. The van der Waals surface area contributed by atoms with Gasteiger partial charge in [0.1, 0.15) is 0 Å². The third-order valence-corrected chi connectivity index (χ3v) is 6.20. The molecule has 0 aromatic heterocycles. The topological polar surface area (TPSA) is 165 Å². The molecule has 45 heavy (non-hydrogen) atoms. The van der Waals surface area contributed by atoms with Gasteiger partial charge in [-0.1, -0.05) is 26.0 Å². The smallest absolute Gasteiger partial charge is 0.406 e. The molecule has 2 aromatic carbocycles. The molecule has 13 heteroatoms. The molecule has 13 nitrogen and oxygen atoms in total. The van der Waals surface area contributed by atoms with Crippen molar-refractivity contribution in [2.24, 2.45) is 11.8 Å². The lowest BCUT2D eigenvalue weighted by molar-refractivity contribution is 0.190. The number of benzene rings is 2. The zero-order valence-electron chi connectivity index (χ0n) is 27.6. The molecule has 0 spiro atoms. The van der Waals surface area contributed by atoms with Crippen LogP contribution in [-0.4, -0.2) is 64.6 Å². The van der Waals surface area contributed by atoms with E-state index >= 15 is 0 Å². The number of carbonyl (C=O) groups is 4. The summed E-state index contributed by atoms with van der Waals surface area (Å²) in [5.41, 5.74) is 1.78. The Kier molecular flexibility index (Phi) is 18.2. The van der Waals surface area contributed by atoms with Crippen molar-refractivity contribution < 1.29 is 38.1 Å². The van der Waals surface area contributed by atoms with Gasteiger partial charge in [0.2, 0.25) is 0 Å². The molecule has 250 valence electrons. The molecule has 0 saturated heterocycles. The van der Waals surface area contributed by atoms with Gasteiger partial charge >= 0.3 is 24.4 Å². The van der Waals surface area contributed by atoms with Crippen molar-refractivity contribution in [3.63, 3.8) is 0 Å². The average Bonchev–Trinajstić information content (AvgIpc) is 2.96. The van der Waals surface area contributed by atoms with Gasteiger partial charge in [0.25, 0.3) is 0 Å². The van der Waals surface area contributed by atoms with E-state index in [1.54, 1.807) is 52.0 Å². The number of carbonyl (C=O) groups excluding carboxylic acids is 4. The fourth-order valence-corrected chi connectivity index (χ4v) is 3.95. The van der Waals surface area contributed by atoms with E-state index in [0.29, 0.717) is 39.0 Å². The highest BCUT2D eigenvalue weighted by Crippen LogP contribution is 2.33. The Morgan fingerprint density at radius 1 is 0.533 bits per heavy atom. The standard InChI is InChI=1S/C30H42N4O8.C2H7N/c1-7-31-27(35)39-23-13-11-21(17-25(23)41-29(37)33-9-3)15-19(5)20(6)16-22-12-14-24(40-28(36)32-8-2)26(18-22)42-30(38)34-10-4;1-3-2/h11-14,17-20H,7-10,15-16H2,1-6H3,(H,31,35)(H,32,36)(H,33,37)(H,34,38);3H,1-2H3/t19-,20+;. The van der Waals surface area contributed by atoms with E-state index in [1.807, 2.05) is 26.2 Å². The third-order valence-electron chi connectivity index (χ3n) is 6.20. The summed E-state index contributed by atoms with van der Waals surface area (Å²) in [6.45, 7) is 12.8. The SMILES string of the molecule is CCNC(=O)Oc1ccc(C[C@@H](C)[C@@H](C)Cc2ccc(OC(=O)NCC)c(OC(=O)NCC)c2)cc1OC(=O)NCC.CNC. The molecule has 2 rings (SSSR count). The van der Waals surface area contributed by atoms with Crippen molar-refractivity contribution in [2.45, 2.75) is 54.4 Å². The van der Waals surface area contributed by atoms with Gasteiger partial charge in [0, 0.05) is 26.2 Å². The van der Waals surface area contributed by atoms with E-state index in [9.17, 15) is 19.2 Å². The average molecular weight is 632 g/mol. The molecule has 0 fully saturated rings. The molecule has 0 aliphatic rings. The number of rotatable bonds is 13. The van der Waals surface area contributed by atoms with Gasteiger partial charge < -0.3 is 45.5 Å². The predicted molar refractivity (Wildman–Crippen MR) is 172 cm³/mol. The number of nitrogens with one attached hydrogen (secondary N) is 5. The highest BCUT2D eigenvalue weighted by atomic mass is 16.6. The Balaban J connectivity index is 0.00000324. The summed E-state index contributed by atoms with van der Waals surface area (Å²) >= 11 is 0. The first-order valence-corrected chi connectivity index (χ1v) is 15.2. The van der Waals surface area contributed by atoms with Crippen LogP contribution in [-0.2, 0) is 12.8 Å². The minimum Gasteiger partial charge on any atom is -0.406 e. The second-order valence-electron chi connectivity index (χ2n) is 10.1. The maximum atomic E-state index is 12.1. The van der Waals surface area contributed by atoms with Crippen molar-refractivity contribution in [1.82, 2.24) is 26.6 Å². The maximum Gasteiger partial charge on any atom is 0.412 e. The first kappa shape index (κ1) is 38.5. The number of hydrogen-bond donors (Lipinski definition) is 5. The van der Waals surface area contributed by atoms with Crippen molar-refractivity contribution in [2.75, 3.05) is 40.3 Å². The Bertz CT molecular complexity index is 1150. The van der Waals surface area contributed by atoms with Crippen LogP contribution in [0.25, 0.3) is 0 Å². The van der Waals surface area contributed by atoms with Gasteiger partial charge in [-0.3, -0.25) is 0 Å². The van der Waals surface area contributed by atoms with Crippen LogP contribution in [0.3, 0.4) is 0 Å². The molecule has 4 amide bonds. The number of ether oxygens (including phenoxy) is 4. The van der Waals surface area contributed by atoms with Crippen molar-refractivity contribution in [3.8, 4) is 23.0 Å². The van der Waals surface area contributed by atoms with Crippen molar-refractivity contribution in [1.29, 1.82) is 0 Å². The largest absolute Gasteiger partial charge is 0.412 e. The lowest BCUT2D eigenvalue weighted by atomic mass is 9.85. The molecule has 2 atom stereocenters. The predicted octanol–water partition coefficient (Wildman–Crippen LogP) is 5.01. The van der Waals surface area contributed by atoms with E-state index in [-0.39, 0.29) is 34.8 Å². The normalized spacial score (nSPS) is 11.5. The molecular formula is C32H49N5O8. The molecule has 0 aliphatic carbocycles. The van der Waals surface area contributed by atoms with Gasteiger partial charge in [-0.25, -0.2) is 19.2 Å². The summed E-state index contributed by atoms with van der Waals surface area (Å²) in [5, 5.41) is 13.0. The lowest BCUT2D eigenvalue weighted by Gasteiger charge is -2.21. The van der Waals surface area contributed by atoms with E-state index in [0.717, 1.165) is 11.1 Å². The molecule has 0 bridgehead atoms. The van der Waals surface area contributed by atoms with Crippen LogP contribution in [0.15, 0.2) is 36.4 Å². The first-order valence-electron chi connectivity index (χ1n) is 15.2. The van der Waals surface area contributed by atoms with E-state index in [1.165, 1.54) is 0 Å². The molecular weight excluding hydrogens is 582 g/mol. The Morgan fingerprint density at radius 2 is 0.800 bits per heavy atom. The van der Waals surface area contributed by atoms with Crippen LogP contribution in [0.5, 0.6) is 23.0 Å². The molecule has 2 aromatic rings. The summed E-state index contributed by atoms with van der Waals surface area (Å²) in [5.74, 6) is 0.893. The van der Waals surface area contributed by atoms with E-state index < -0.39 is 24.4 Å². The lowest BCUT2D eigenvalue weighted by Crippen LogP contribution is -2.28. The summed E-state index contributed by atoms with van der Waals surface area (Å²) in [4.78, 5) is 48.2. The highest BCUT2D eigenvalue weighted by Gasteiger charge is 2.20. The number of amides is 4. The molecule has 5 N–H and O–H groups in total. The van der Waals surface area contributed by atoms with Gasteiger partial charge in [-0.15, -0.1) is 0 Å². The maximum absolute atomic E-state index is 12.1. The Labute approximate surface area is 266 Å². The van der Waals surface area contributed by atoms with Crippen molar-refractivity contribution in [3.05, 3.63) is 47.5 Å². The van der Waals surface area contributed by atoms with Gasteiger partial charge in [0.15, 0.2) is 23.0 Å². The fraction of sp³-hybridized carbons (Fsp3) is 0.500. The van der Waals surface area contributed by atoms with Crippen LogP contribution in [0.4, 0.5) is 19.2 Å². The third kappa shape index (κ3) is 14.7. The van der Waals surface area contributed by atoms with Gasteiger partial charge in [-0.2, -0.15) is 0 Å². The van der Waals surface area contributed by atoms with Gasteiger partial charge in [0.05, 0.1) is 0 Å². The van der Waals surface area contributed by atoms with Gasteiger partial charge in [-0.05, 0) is 102 Å². The quantitative estimate of drug-likeness (QED) is 0.204. The first-order chi connectivity index (χ1) is 21.5. The molecule has 0 saturated carbocycles. The second-order valence-corrected chi connectivity index (χ2v) is 10.1. The van der Waals surface area contributed by atoms with Crippen LogP contribution in [0.2, 0.25) is 0 Å². The van der Waals surface area contributed by atoms with Crippen LogP contribution in [0, 0.1) is 11.8 Å². The van der Waals surface area contributed by atoms with Crippen LogP contribution in [0.1, 0.15) is 52.7 Å². The van der Waals surface area contributed by atoms with Crippen LogP contribution < -0.4 is 45.5 Å². The highest BCUT2D eigenvalue weighted by molar-refractivity contribution is 5.75. The van der Waals surface area contributed by atoms with Crippen molar-refractivity contribution >= 4 is 24.4 Å². The molecule has 0 unspecified atom stereocenters. The number of hydrogen-bond acceptors (Lipinski definition) is 9. The van der Waals surface area contributed by atoms with E-state index in [4.69, 9.17) is 18.9 Å². The zero-order chi connectivity index (χ0) is 33.8. The Hall–Kier alpha value is -4.52. The minimum atomic E-state index is -0.651. The second kappa shape index (κ2) is 21.2. The molecule has 0 heterocycles. The summed E-state index contributed by atoms with van der Waals surface area (Å²) in [7, 11) is 3.75. The molecule has 0 radical (unpaired) electrons. The van der Waals surface area contributed by atoms with E-state index in [2.05, 4.69) is 40.4 Å². The zero-order valence-corrected chi connectivity index (χ0v) is 27.6. The summed E-state index contributed by atoms with van der Waals surface area (Å²) < 4.78 is 21.5. The fourth-order valence-electron chi connectivity index (χ4n) is 3.95. The summed E-state index contributed by atoms with van der Waals surface area (Å²) in [6, 6.07) is 10.3. The van der Waals surface area contributed by atoms with Crippen LogP contribution >= 0.6 is 0 Å². The molecule has 0 aliphatic heterocycles. The monoisotopic (exact) mass is 631 g/mol. The Morgan fingerprint density at radius 3 is 1.07 bits per heavy atom. The summed E-state index contributed by atoms with van der Waals surface area (Å²) in [6.07, 6.45) is -1.30.